The fourth-order valence-electron chi connectivity index (χ4n) is 2.28. The monoisotopic (exact) mass is 237 g/mol. The zero-order chi connectivity index (χ0) is 12.3. The average molecular weight is 237 g/mol. The molecule has 1 saturated heterocycles. The van der Waals surface area contributed by atoms with Crippen LogP contribution in [0.1, 0.15) is 25.7 Å². The molecule has 1 aliphatic rings. The van der Waals surface area contributed by atoms with Gasteiger partial charge in [-0.15, -0.1) is 0 Å². The molecule has 0 bridgehead atoms. The molecule has 5 nitrogen and oxygen atoms in total. The molecule has 1 aromatic rings. The zero-order valence-electron chi connectivity index (χ0n) is 10.4. The Labute approximate surface area is 101 Å². The summed E-state index contributed by atoms with van der Waals surface area (Å²) in [5.74, 6) is 0.705. The SMILES string of the molecule is CC(=O)N(Cc1ncco1)C1CCN(C)CC1. The quantitative estimate of drug-likeness (QED) is 0.790. The predicted octanol–water partition coefficient (Wildman–Crippen LogP) is 1.12. The van der Waals surface area contributed by atoms with Gasteiger partial charge in [0.05, 0.1) is 12.7 Å². The van der Waals surface area contributed by atoms with E-state index in [1.165, 1.54) is 0 Å². The second kappa shape index (κ2) is 5.31. The Balaban J connectivity index is 1.99. The van der Waals surface area contributed by atoms with Gasteiger partial charge in [0, 0.05) is 13.0 Å². The van der Waals surface area contributed by atoms with Crippen LogP contribution in [-0.4, -0.2) is 46.9 Å². The molecule has 1 aliphatic heterocycles. The molecule has 2 rings (SSSR count). The molecule has 5 heteroatoms. The number of carbonyl (C=O) groups is 1. The van der Waals surface area contributed by atoms with Crippen molar-refractivity contribution in [3.05, 3.63) is 18.4 Å². The molecule has 1 amide bonds. The summed E-state index contributed by atoms with van der Waals surface area (Å²) in [7, 11) is 2.11. The highest BCUT2D eigenvalue weighted by molar-refractivity contribution is 5.73. The molecular weight excluding hydrogens is 218 g/mol. The lowest BCUT2D eigenvalue weighted by atomic mass is 10.0. The van der Waals surface area contributed by atoms with Gasteiger partial charge in [-0.1, -0.05) is 0 Å². The van der Waals surface area contributed by atoms with Crippen molar-refractivity contribution in [2.24, 2.45) is 0 Å². The maximum Gasteiger partial charge on any atom is 0.220 e. The lowest BCUT2D eigenvalue weighted by molar-refractivity contribution is -0.133. The van der Waals surface area contributed by atoms with Crippen LogP contribution in [-0.2, 0) is 11.3 Å². The smallest absolute Gasteiger partial charge is 0.220 e. The van der Waals surface area contributed by atoms with Crippen LogP contribution in [0.5, 0.6) is 0 Å². The molecular formula is C12H19N3O2. The second-order valence-corrected chi connectivity index (χ2v) is 4.61. The van der Waals surface area contributed by atoms with Crippen molar-refractivity contribution in [1.82, 2.24) is 14.8 Å². The molecule has 94 valence electrons. The maximum atomic E-state index is 11.7. The van der Waals surface area contributed by atoms with E-state index >= 15 is 0 Å². The van der Waals surface area contributed by atoms with Gasteiger partial charge in [-0.3, -0.25) is 4.79 Å². The molecule has 0 atom stereocenters. The minimum atomic E-state index is 0.0951. The van der Waals surface area contributed by atoms with Crippen molar-refractivity contribution in [2.45, 2.75) is 32.4 Å². The van der Waals surface area contributed by atoms with E-state index in [0.717, 1.165) is 25.9 Å². The Kier molecular flexibility index (Phi) is 3.78. The van der Waals surface area contributed by atoms with Gasteiger partial charge in [-0.2, -0.15) is 0 Å². The van der Waals surface area contributed by atoms with Crippen LogP contribution in [0.15, 0.2) is 16.9 Å². The summed E-state index contributed by atoms with van der Waals surface area (Å²) in [5, 5.41) is 0. The summed E-state index contributed by atoms with van der Waals surface area (Å²) in [4.78, 5) is 19.9. The van der Waals surface area contributed by atoms with Crippen LogP contribution < -0.4 is 0 Å². The van der Waals surface area contributed by atoms with Gasteiger partial charge in [0.2, 0.25) is 11.8 Å². The van der Waals surface area contributed by atoms with Gasteiger partial charge in [0.15, 0.2) is 0 Å². The average Bonchev–Trinajstić information content (AvgIpc) is 2.80. The molecule has 1 aromatic heterocycles. The number of oxazole rings is 1. The first-order chi connectivity index (χ1) is 8.16. The van der Waals surface area contributed by atoms with E-state index in [9.17, 15) is 4.79 Å². The molecule has 17 heavy (non-hydrogen) atoms. The standard InChI is InChI=1S/C12H19N3O2/c1-10(16)15(9-12-13-5-8-17-12)11-3-6-14(2)7-4-11/h5,8,11H,3-4,6-7,9H2,1-2H3. The minimum absolute atomic E-state index is 0.0951. The Morgan fingerprint density at radius 1 is 1.59 bits per heavy atom. The molecule has 0 saturated carbocycles. The lowest BCUT2D eigenvalue weighted by Crippen LogP contribution is -2.45. The van der Waals surface area contributed by atoms with Crippen LogP contribution in [0.3, 0.4) is 0 Å². The van der Waals surface area contributed by atoms with Crippen LogP contribution in [0.2, 0.25) is 0 Å². The topological polar surface area (TPSA) is 49.6 Å². The molecule has 0 unspecified atom stereocenters. The van der Waals surface area contributed by atoms with E-state index in [1.54, 1.807) is 19.4 Å². The molecule has 0 aromatic carbocycles. The number of nitrogens with zero attached hydrogens (tertiary/aromatic N) is 3. The van der Waals surface area contributed by atoms with Crippen LogP contribution in [0, 0.1) is 0 Å². The summed E-state index contributed by atoms with van der Waals surface area (Å²) in [6.45, 7) is 4.18. The molecule has 0 spiro atoms. The van der Waals surface area contributed by atoms with Gasteiger partial charge >= 0.3 is 0 Å². The van der Waals surface area contributed by atoms with Crippen molar-refractivity contribution < 1.29 is 9.21 Å². The molecule has 2 heterocycles. The summed E-state index contributed by atoms with van der Waals surface area (Å²) in [5.41, 5.74) is 0. The van der Waals surface area contributed by atoms with Gasteiger partial charge in [0.25, 0.3) is 0 Å². The molecule has 0 aliphatic carbocycles. The van der Waals surface area contributed by atoms with Gasteiger partial charge < -0.3 is 14.2 Å². The highest BCUT2D eigenvalue weighted by Gasteiger charge is 2.25. The number of amides is 1. The number of rotatable bonds is 3. The van der Waals surface area contributed by atoms with Crippen LogP contribution in [0.25, 0.3) is 0 Å². The normalized spacial score (nSPS) is 18.2. The van der Waals surface area contributed by atoms with Crippen molar-refractivity contribution in [1.29, 1.82) is 0 Å². The maximum absolute atomic E-state index is 11.7. The second-order valence-electron chi connectivity index (χ2n) is 4.61. The molecule has 0 radical (unpaired) electrons. The summed E-state index contributed by atoms with van der Waals surface area (Å²) in [6.07, 6.45) is 5.21. The highest BCUT2D eigenvalue weighted by Crippen LogP contribution is 2.17. The number of piperidine rings is 1. The summed E-state index contributed by atoms with van der Waals surface area (Å²) >= 11 is 0. The third kappa shape index (κ3) is 3.06. The van der Waals surface area contributed by atoms with Gasteiger partial charge in [-0.25, -0.2) is 4.98 Å². The summed E-state index contributed by atoms with van der Waals surface area (Å²) < 4.78 is 5.21. The van der Waals surface area contributed by atoms with E-state index in [4.69, 9.17) is 4.42 Å². The number of aromatic nitrogens is 1. The van der Waals surface area contributed by atoms with E-state index in [2.05, 4.69) is 16.9 Å². The van der Waals surface area contributed by atoms with Crippen molar-refractivity contribution >= 4 is 5.91 Å². The van der Waals surface area contributed by atoms with E-state index < -0.39 is 0 Å². The third-order valence-corrected chi connectivity index (χ3v) is 3.32. The van der Waals surface area contributed by atoms with E-state index in [1.807, 2.05) is 4.90 Å². The predicted molar refractivity (Wildman–Crippen MR) is 63.2 cm³/mol. The minimum Gasteiger partial charge on any atom is -0.447 e. The molecule has 1 fully saturated rings. The zero-order valence-corrected chi connectivity index (χ0v) is 10.4. The third-order valence-electron chi connectivity index (χ3n) is 3.32. The first-order valence-electron chi connectivity index (χ1n) is 6.01. The Morgan fingerprint density at radius 2 is 2.29 bits per heavy atom. The Hall–Kier alpha value is -1.36. The van der Waals surface area contributed by atoms with Crippen LogP contribution >= 0.6 is 0 Å². The number of hydrogen-bond acceptors (Lipinski definition) is 4. The molecule has 0 N–H and O–H groups in total. The first kappa shape index (κ1) is 12.1. The van der Waals surface area contributed by atoms with Crippen LogP contribution in [0.4, 0.5) is 0 Å². The van der Waals surface area contributed by atoms with Crippen molar-refractivity contribution in [2.75, 3.05) is 20.1 Å². The fraction of sp³-hybridized carbons (Fsp3) is 0.667. The van der Waals surface area contributed by atoms with Gasteiger partial charge in [0.1, 0.15) is 6.26 Å². The van der Waals surface area contributed by atoms with E-state index in [-0.39, 0.29) is 5.91 Å². The lowest BCUT2D eigenvalue weighted by Gasteiger charge is -2.36. The van der Waals surface area contributed by atoms with E-state index in [0.29, 0.717) is 18.5 Å². The Morgan fingerprint density at radius 3 is 2.82 bits per heavy atom. The highest BCUT2D eigenvalue weighted by atomic mass is 16.3. The number of hydrogen-bond donors (Lipinski definition) is 0. The Bertz CT molecular complexity index is 356. The number of likely N-dealkylation sites (tertiary alicyclic amines) is 1. The largest absolute Gasteiger partial charge is 0.447 e. The van der Waals surface area contributed by atoms with Gasteiger partial charge in [-0.05, 0) is 33.0 Å². The summed E-state index contributed by atoms with van der Waals surface area (Å²) in [6, 6.07) is 0.315. The fourth-order valence-corrected chi connectivity index (χ4v) is 2.28. The van der Waals surface area contributed by atoms with Crippen molar-refractivity contribution in [3.8, 4) is 0 Å². The van der Waals surface area contributed by atoms with Crippen molar-refractivity contribution in [3.63, 3.8) is 0 Å². The first-order valence-corrected chi connectivity index (χ1v) is 6.01. The number of carbonyl (C=O) groups excluding carboxylic acids is 1.